The Morgan fingerprint density at radius 1 is 0.697 bits per heavy atom. The van der Waals surface area contributed by atoms with E-state index < -0.39 is 17.1 Å². The van der Waals surface area contributed by atoms with E-state index in [4.69, 9.17) is 51.5 Å². The van der Waals surface area contributed by atoms with Crippen LogP contribution in [0.2, 0.25) is 20.1 Å². The smallest absolute Gasteiger partial charge is 0.335 e. The van der Waals surface area contributed by atoms with Crippen molar-refractivity contribution in [3.8, 4) is 11.4 Å². The number of aromatic nitrogens is 4. The SMILES string of the molecule is O=C(O)c1ccc(-n2ncc(Cl)c(Cl)c2=O)cc1.O=c1c(Cl)c(Cl)cnn1-c1ccccc1. The summed E-state index contributed by atoms with van der Waals surface area (Å²) in [6.45, 7) is 0. The largest absolute Gasteiger partial charge is 0.478 e. The minimum Gasteiger partial charge on any atom is -0.478 e. The Morgan fingerprint density at radius 3 is 1.55 bits per heavy atom. The number of rotatable bonds is 3. The highest BCUT2D eigenvalue weighted by atomic mass is 35.5. The minimum atomic E-state index is -1.05. The van der Waals surface area contributed by atoms with Crippen molar-refractivity contribution in [3.05, 3.63) is 113 Å². The van der Waals surface area contributed by atoms with Crippen molar-refractivity contribution in [2.75, 3.05) is 0 Å². The number of carboxylic acid groups (broad SMARTS) is 1. The molecule has 4 aromatic rings. The van der Waals surface area contributed by atoms with Gasteiger partial charge in [0.1, 0.15) is 10.0 Å². The summed E-state index contributed by atoms with van der Waals surface area (Å²) in [7, 11) is 0. The number of benzene rings is 2. The fourth-order valence-corrected chi connectivity index (χ4v) is 3.01. The third kappa shape index (κ3) is 5.61. The third-order valence-corrected chi connectivity index (χ3v) is 5.61. The monoisotopic (exact) mass is 524 g/mol. The van der Waals surface area contributed by atoms with E-state index >= 15 is 0 Å². The van der Waals surface area contributed by atoms with Gasteiger partial charge in [0, 0.05) is 0 Å². The summed E-state index contributed by atoms with van der Waals surface area (Å²) in [6, 6.07) is 14.7. The molecule has 0 fully saturated rings. The lowest BCUT2D eigenvalue weighted by Crippen LogP contribution is -2.21. The van der Waals surface area contributed by atoms with Crippen LogP contribution < -0.4 is 11.1 Å². The number of hydrogen-bond acceptors (Lipinski definition) is 5. The van der Waals surface area contributed by atoms with Crippen LogP contribution in [0.5, 0.6) is 0 Å². The van der Waals surface area contributed by atoms with Crippen molar-refractivity contribution in [3.63, 3.8) is 0 Å². The number of carbonyl (C=O) groups is 1. The molecule has 8 nitrogen and oxygen atoms in total. The van der Waals surface area contributed by atoms with Gasteiger partial charge in [-0.15, -0.1) is 0 Å². The maximum Gasteiger partial charge on any atom is 0.335 e. The number of hydrogen-bond donors (Lipinski definition) is 1. The molecule has 0 spiro atoms. The molecule has 2 aromatic heterocycles. The third-order valence-electron chi connectivity index (χ3n) is 4.11. The second kappa shape index (κ2) is 10.6. The lowest BCUT2D eigenvalue weighted by molar-refractivity contribution is 0.0697. The fraction of sp³-hybridized carbons (Fsp3) is 0. The normalized spacial score (nSPS) is 10.3. The molecule has 0 unspecified atom stereocenters. The van der Waals surface area contributed by atoms with Gasteiger partial charge >= 0.3 is 5.97 Å². The first kappa shape index (κ1) is 24.5. The van der Waals surface area contributed by atoms with Gasteiger partial charge < -0.3 is 5.11 Å². The van der Waals surface area contributed by atoms with Crippen molar-refractivity contribution in [2.24, 2.45) is 0 Å². The van der Waals surface area contributed by atoms with Gasteiger partial charge in [-0.05, 0) is 36.4 Å². The zero-order valence-electron chi connectivity index (χ0n) is 16.3. The molecule has 4 rings (SSSR count). The van der Waals surface area contributed by atoms with Gasteiger partial charge in [0.25, 0.3) is 11.1 Å². The Morgan fingerprint density at radius 2 is 1.12 bits per heavy atom. The first-order valence-electron chi connectivity index (χ1n) is 8.96. The molecule has 168 valence electrons. The molecule has 12 heteroatoms. The van der Waals surface area contributed by atoms with E-state index in [1.165, 1.54) is 41.3 Å². The Bertz CT molecular complexity index is 1420. The quantitative estimate of drug-likeness (QED) is 0.412. The van der Waals surface area contributed by atoms with E-state index in [0.717, 1.165) is 4.68 Å². The zero-order valence-corrected chi connectivity index (χ0v) is 19.3. The lowest BCUT2D eigenvalue weighted by Gasteiger charge is -2.05. The number of halogens is 4. The summed E-state index contributed by atoms with van der Waals surface area (Å²) < 4.78 is 2.24. The zero-order chi connectivity index (χ0) is 24.1. The molecule has 0 aliphatic rings. The van der Waals surface area contributed by atoms with Crippen LogP contribution in [0.4, 0.5) is 0 Å². The summed E-state index contributed by atoms with van der Waals surface area (Å²) in [5.74, 6) is -1.05. The molecule has 0 bridgehead atoms. The van der Waals surface area contributed by atoms with E-state index in [1.807, 2.05) is 18.2 Å². The van der Waals surface area contributed by atoms with Gasteiger partial charge in [-0.2, -0.15) is 19.6 Å². The van der Waals surface area contributed by atoms with Gasteiger partial charge in [-0.3, -0.25) is 9.59 Å². The van der Waals surface area contributed by atoms with Crippen molar-refractivity contribution >= 4 is 52.4 Å². The van der Waals surface area contributed by atoms with Crippen molar-refractivity contribution < 1.29 is 9.90 Å². The number of para-hydroxylation sites is 1. The van der Waals surface area contributed by atoms with E-state index in [-0.39, 0.29) is 25.7 Å². The van der Waals surface area contributed by atoms with Crippen LogP contribution in [-0.4, -0.2) is 30.6 Å². The van der Waals surface area contributed by atoms with Gasteiger partial charge in [-0.1, -0.05) is 64.6 Å². The second-order valence-corrected chi connectivity index (χ2v) is 7.80. The Hall–Kier alpha value is -3.17. The molecule has 0 radical (unpaired) electrons. The van der Waals surface area contributed by atoms with Crippen LogP contribution in [0, 0.1) is 0 Å². The molecule has 0 saturated carbocycles. The average Bonchev–Trinajstić information content (AvgIpc) is 2.82. The van der Waals surface area contributed by atoms with Gasteiger partial charge in [-0.25, -0.2) is 4.79 Å². The maximum absolute atomic E-state index is 11.8. The standard InChI is InChI=1S/C11H6Cl2N2O3.C10H6Cl2N2O/c12-8-5-14-15(10(16)9(8)13)7-3-1-6(2-4-7)11(17)18;11-8-6-13-14(10(15)9(8)12)7-4-2-1-3-5-7/h1-5H,(H,17,18);1-6H. The van der Waals surface area contributed by atoms with Crippen LogP contribution in [0.3, 0.4) is 0 Å². The molecule has 2 aromatic carbocycles. The molecule has 0 aliphatic carbocycles. The first-order valence-corrected chi connectivity index (χ1v) is 10.5. The van der Waals surface area contributed by atoms with E-state index in [0.29, 0.717) is 11.4 Å². The summed E-state index contributed by atoms with van der Waals surface area (Å²) in [5.41, 5.74) is 0.194. The van der Waals surface area contributed by atoms with Gasteiger partial charge in [0.15, 0.2) is 0 Å². The highest BCUT2D eigenvalue weighted by Crippen LogP contribution is 2.17. The minimum absolute atomic E-state index is 0.0180. The first-order chi connectivity index (χ1) is 15.7. The Kier molecular flexibility index (Phi) is 7.88. The number of carboxylic acids is 1. The van der Waals surface area contributed by atoms with Crippen molar-refractivity contribution in [1.82, 2.24) is 19.6 Å². The van der Waals surface area contributed by atoms with Gasteiger partial charge in [0.05, 0.1) is 39.4 Å². The topological polar surface area (TPSA) is 107 Å². The van der Waals surface area contributed by atoms with E-state index in [1.54, 1.807) is 12.1 Å². The number of aromatic carboxylic acids is 1. The summed E-state index contributed by atoms with van der Waals surface area (Å²) in [6.07, 6.45) is 2.59. The van der Waals surface area contributed by atoms with Crippen LogP contribution >= 0.6 is 46.4 Å². The lowest BCUT2D eigenvalue weighted by atomic mass is 10.2. The van der Waals surface area contributed by atoms with E-state index in [9.17, 15) is 14.4 Å². The van der Waals surface area contributed by atoms with Crippen LogP contribution in [0.25, 0.3) is 11.4 Å². The second-order valence-electron chi connectivity index (χ2n) is 6.23. The predicted octanol–water partition coefficient (Wildman–Crippen LogP) is 4.78. The highest BCUT2D eigenvalue weighted by molar-refractivity contribution is 6.42. The average molecular weight is 526 g/mol. The molecular formula is C21H12Cl4N4O4. The molecule has 0 amide bonds. The summed E-state index contributed by atoms with van der Waals surface area (Å²) >= 11 is 22.8. The molecule has 33 heavy (non-hydrogen) atoms. The Balaban J connectivity index is 0.000000189. The van der Waals surface area contributed by atoms with Crippen LogP contribution in [0.15, 0.2) is 76.6 Å². The maximum atomic E-state index is 11.8. The van der Waals surface area contributed by atoms with Crippen molar-refractivity contribution in [2.45, 2.75) is 0 Å². The predicted molar refractivity (Wildman–Crippen MR) is 127 cm³/mol. The molecule has 0 aliphatic heterocycles. The van der Waals surface area contributed by atoms with Crippen LogP contribution in [-0.2, 0) is 0 Å². The van der Waals surface area contributed by atoms with Crippen molar-refractivity contribution in [1.29, 1.82) is 0 Å². The highest BCUT2D eigenvalue weighted by Gasteiger charge is 2.10. The van der Waals surface area contributed by atoms with Crippen LogP contribution in [0.1, 0.15) is 10.4 Å². The molecule has 2 heterocycles. The number of nitrogens with zero attached hydrogens (tertiary/aromatic N) is 4. The Labute approximate surface area is 206 Å². The summed E-state index contributed by atoms with van der Waals surface area (Å²) in [5, 5.41) is 16.6. The molecule has 0 saturated heterocycles. The van der Waals surface area contributed by atoms with Gasteiger partial charge in [0.2, 0.25) is 0 Å². The fourth-order valence-electron chi connectivity index (χ4n) is 2.51. The van der Waals surface area contributed by atoms with E-state index in [2.05, 4.69) is 10.2 Å². The molecular weight excluding hydrogens is 514 g/mol. The summed E-state index contributed by atoms with van der Waals surface area (Å²) in [4.78, 5) is 34.1. The molecule has 0 atom stereocenters. The molecule has 1 N–H and O–H groups in total.